The Kier molecular flexibility index (Phi) is 9.02. The van der Waals surface area contributed by atoms with E-state index in [9.17, 15) is 54.2 Å². The third-order valence-corrected chi connectivity index (χ3v) is 10.1. The van der Waals surface area contributed by atoms with Gasteiger partial charge in [-0.05, 0) is 73.4 Å². The molecule has 0 bridgehead atoms. The molecule has 2 aliphatic rings. The topological polar surface area (TPSA) is 94.9 Å². The van der Waals surface area contributed by atoms with Gasteiger partial charge in [0, 0.05) is 25.0 Å². The van der Waals surface area contributed by atoms with Crippen LogP contribution in [-0.4, -0.2) is 49.4 Å². The van der Waals surface area contributed by atoms with Crippen molar-refractivity contribution in [3.63, 3.8) is 0 Å². The van der Waals surface area contributed by atoms with Crippen molar-refractivity contribution in [2.24, 2.45) is 11.8 Å². The molecular weight excluding hydrogens is 595 g/mol. The Morgan fingerprint density at radius 3 is 2.05 bits per heavy atom. The van der Waals surface area contributed by atoms with Gasteiger partial charge in [-0.1, -0.05) is 25.0 Å². The number of sulfonamides is 1. The first kappa shape index (κ1) is 32.2. The van der Waals surface area contributed by atoms with Crippen LogP contribution in [0.4, 0.5) is 36.4 Å². The van der Waals surface area contributed by atoms with E-state index in [1.54, 1.807) is 0 Å². The largest absolute Gasteiger partial charge is 0.430 e. The molecule has 1 saturated carbocycles. The monoisotopic (exact) mass is 625 g/mol. The van der Waals surface area contributed by atoms with Crippen molar-refractivity contribution in [3.8, 4) is 0 Å². The molecule has 0 saturated heterocycles. The fourth-order valence-electron chi connectivity index (χ4n) is 6.01. The second-order valence-electron chi connectivity index (χ2n) is 10.9. The smallest absolute Gasteiger partial charge is 0.396 e. The Morgan fingerprint density at radius 1 is 0.881 bits per heavy atom. The van der Waals surface area contributed by atoms with E-state index in [1.807, 2.05) is 0 Å². The van der Waals surface area contributed by atoms with Crippen LogP contribution in [-0.2, 0) is 26.8 Å². The lowest BCUT2D eigenvalue weighted by molar-refractivity contribution is -0.376. The van der Waals surface area contributed by atoms with Crippen molar-refractivity contribution in [1.82, 2.24) is 0 Å². The van der Waals surface area contributed by atoms with Crippen molar-refractivity contribution in [3.05, 3.63) is 59.4 Å². The second-order valence-corrected chi connectivity index (χ2v) is 12.7. The highest BCUT2D eigenvalue weighted by Gasteiger charge is 2.71. The van der Waals surface area contributed by atoms with Gasteiger partial charge in [-0.25, -0.2) is 12.8 Å². The summed E-state index contributed by atoms with van der Waals surface area (Å²) < 4.78 is 123. The zero-order valence-corrected chi connectivity index (χ0v) is 23.1. The van der Waals surface area contributed by atoms with Gasteiger partial charge in [0.25, 0.3) is 15.6 Å². The molecule has 1 aliphatic carbocycles. The van der Waals surface area contributed by atoms with Crippen LogP contribution < -0.4 is 4.31 Å². The van der Waals surface area contributed by atoms with Gasteiger partial charge in [0.2, 0.25) is 0 Å². The Morgan fingerprint density at radius 2 is 1.48 bits per heavy atom. The van der Waals surface area contributed by atoms with Gasteiger partial charge in [-0.3, -0.25) is 9.10 Å². The minimum atomic E-state index is -6.13. The molecule has 1 heterocycles. The molecule has 0 spiro atoms. The summed E-state index contributed by atoms with van der Waals surface area (Å²) in [6.07, 6.45) is -9.50. The Hall–Kier alpha value is -2.71. The summed E-state index contributed by atoms with van der Waals surface area (Å²) in [5, 5.41) is 19.6. The Bertz CT molecular complexity index is 1380. The molecule has 6 nitrogen and oxygen atoms in total. The number of nitrogens with zero attached hydrogens (tertiary/aromatic N) is 1. The van der Waals surface area contributed by atoms with Crippen LogP contribution in [0.25, 0.3) is 0 Å². The first-order valence-corrected chi connectivity index (χ1v) is 14.9. The maximum Gasteiger partial charge on any atom is 0.430 e. The number of hydrogen-bond acceptors (Lipinski definition) is 5. The summed E-state index contributed by atoms with van der Waals surface area (Å²) >= 11 is 0. The van der Waals surface area contributed by atoms with E-state index in [1.165, 1.54) is 0 Å². The van der Waals surface area contributed by atoms with Crippen LogP contribution in [0.5, 0.6) is 0 Å². The third kappa shape index (κ3) is 6.02. The molecule has 1 aliphatic heterocycles. The number of anilines is 1. The van der Waals surface area contributed by atoms with Gasteiger partial charge in [0.15, 0.2) is 0 Å². The number of alkyl halides is 6. The van der Waals surface area contributed by atoms with Crippen LogP contribution in [0.3, 0.4) is 0 Å². The summed E-state index contributed by atoms with van der Waals surface area (Å²) in [6.45, 7) is -0.0929. The van der Waals surface area contributed by atoms with Crippen LogP contribution in [0.2, 0.25) is 0 Å². The van der Waals surface area contributed by atoms with Crippen molar-refractivity contribution < 1.29 is 54.2 Å². The molecule has 2 aromatic rings. The van der Waals surface area contributed by atoms with Crippen LogP contribution in [0, 0.1) is 17.7 Å². The van der Waals surface area contributed by atoms with Crippen molar-refractivity contribution >= 4 is 21.5 Å². The number of aliphatic hydroxyl groups is 2. The first-order chi connectivity index (χ1) is 19.5. The lowest BCUT2D eigenvalue weighted by Gasteiger charge is -2.39. The molecule has 0 radical (unpaired) electrons. The normalized spacial score (nSPS) is 22.1. The lowest BCUT2D eigenvalue weighted by atomic mass is 9.76. The van der Waals surface area contributed by atoms with Crippen molar-refractivity contribution in [1.29, 1.82) is 0 Å². The SMILES string of the molecule is O=C(C[C@@H]1CCCC[C@@H]1CO)C[C@@H]1CCc2cc(C(O)(C(F)(F)F)C(F)(F)F)ccc2N1S(=O)(=O)c1ccc(F)cc1. The molecule has 0 aromatic heterocycles. The van der Waals surface area contributed by atoms with Crippen LogP contribution >= 0.6 is 0 Å². The third-order valence-electron chi connectivity index (χ3n) is 8.26. The predicted octanol–water partition coefficient (Wildman–Crippen LogP) is 5.80. The maximum absolute atomic E-state index is 13.8. The quantitative estimate of drug-likeness (QED) is 0.362. The van der Waals surface area contributed by atoms with Gasteiger partial charge in [-0.15, -0.1) is 0 Å². The zero-order valence-electron chi connectivity index (χ0n) is 22.3. The molecule has 42 heavy (non-hydrogen) atoms. The fourth-order valence-corrected chi connectivity index (χ4v) is 7.73. The average molecular weight is 626 g/mol. The summed E-state index contributed by atoms with van der Waals surface area (Å²) in [5.41, 5.74) is -7.18. The highest BCUT2D eigenvalue weighted by Crippen LogP contribution is 2.51. The fraction of sp³-hybridized carbons (Fsp3) is 0.536. The Labute approximate surface area is 238 Å². The zero-order chi connectivity index (χ0) is 31.1. The van der Waals surface area contributed by atoms with Gasteiger partial charge >= 0.3 is 12.4 Å². The van der Waals surface area contributed by atoms with Gasteiger partial charge in [-0.2, -0.15) is 26.3 Å². The molecule has 14 heteroatoms. The number of hydrogen-bond donors (Lipinski definition) is 2. The molecule has 0 amide bonds. The number of carbonyl (C=O) groups excluding carboxylic acids is 1. The van der Waals surface area contributed by atoms with E-state index < -0.39 is 50.3 Å². The molecule has 2 N–H and O–H groups in total. The lowest BCUT2D eigenvalue weighted by Crippen LogP contribution is -2.54. The second kappa shape index (κ2) is 11.8. The van der Waals surface area contributed by atoms with Crippen molar-refractivity contribution in [2.45, 2.75) is 80.3 Å². The van der Waals surface area contributed by atoms with E-state index in [0.717, 1.165) is 53.9 Å². The first-order valence-electron chi connectivity index (χ1n) is 13.4. The summed E-state index contributed by atoms with van der Waals surface area (Å²) in [7, 11) is -4.57. The summed E-state index contributed by atoms with van der Waals surface area (Å²) in [6, 6.07) is 4.26. The number of Topliss-reactive ketones (excluding diaryl/α,β-unsaturated/α-hetero) is 1. The van der Waals surface area contributed by atoms with E-state index in [4.69, 9.17) is 0 Å². The van der Waals surface area contributed by atoms with E-state index in [0.29, 0.717) is 18.6 Å². The predicted molar refractivity (Wildman–Crippen MR) is 137 cm³/mol. The van der Waals surface area contributed by atoms with Crippen molar-refractivity contribution in [2.75, 3.05) is 10.9 Å². The molecule has 1 fully saturated rings. The highest BCUT2D eigenvalue weighted by atomic mass is 32.2. The van der Waals surface area contributed by atoms with Crippen LogP contribution in [0.15, 0.2) is 47.4 Å². The minimum absolute atomic E-state index is 0.0757. The average Bonchev–Trinajstić information content (AvgIpc) is 2.91. The molecule has 3 atom stereocenters. The Balaban J connectivity index is 1.75. The summed E-state index contributed by atoms with van der Waals surface area (Å²) in [5.74, 6) is -1.21. The van der Waals surface area contributed by atoms with E-state index >= 15 is 0 Å². The molecule has 0 unspecified atom stereocenters. The number of ketones is 1. The highest BCUT2D eigenvalue weighted by molar-refractivity contribution is 7.92. The standard InChI is InChI=1S/C28H30F7NO5S/c29-21-7-10-24(11-8-21)42(40,41)36-22(15-23(38)14-17-3-1-2-4-19(17)16-37)9-5-18-13-20(6-12-25(18)36)26(39,27(30,31)32)28(33,34)35/h6-8,10-13,17,19,22,37,39H,1-5,9,14-16H2/t17-,19+,22-/m0/s1. The minimum Gasteiger partial charge on any atom is -0.396 e. The maximum atomic E-state index is 13.8. The number of aryl methyl sites for hydroxylation is 1. The number of carbonyl (C=O) groups is 1. The molecule has 232 valence electrons. The van der Waals surface area contributed by atoms with E-state index in [-0.39, 0.29) is 61.2 Å². The molecule has 2 aromatic carbocycles. The van der Waals surface area contributed by atoms with Gasteiger partial charge < -0.3 is 10.2 Å². The van der Waals surface area contributed by atoms with Gasteiger partial charge in [0.05, 0.1) is 16.6 Å². The number of aliphatic hydroxyl groups excluding tert-OH is 1. The number of benzene rings is 2. The summed E-state index contributed by atoms with van der Waals surface area (Å²) in [4.78, 5) is 12.8. The number of rotatable bonds is 8. The molecule has 4 rings (SSSR count). The van der Waals surface area contributed by atoms with Crippen LogP contribution in [0.1, 0.15) is 56.1 Å². The molecular formula is C28H30F7NO5S. The van der Waals surface area contributed by atoms with E-state index in [2.05, 4.69) is 0 Å². The number of fused-ring (bicyclic) bond motifs is 1. The van der Waals surface area contributed by atoms with Gasteiger partial charge in [0.1, 0.15) is 11.6 Å². The number of halogens is 7.